The van der Waals surface area contributed by atoms with E-state index in [4.69, 9.17) is 4.74 Å². The molecule has 0 aromatic heterocycles. The summed E-state index contributed by atoms with van der Waals surface area (Å²) in [5.74, 6) is 1.93. The van der Waals surface area contributed by atoms with Crippen molar-refractivity contribution in [3.05, 3.63) is 0 Å². The van der Waals surface area contributed by atoms with E-state index in [2.05, 4.69) is 0 Å². The van der Waals surface area contributed by atoms with Crippen LogP contribution in [0.5, 0.6) is 0 Å². The Labute approximate surface area is 80.2 Å². The Morgan fingerprint density at radius 3 is 2.46 bits per heavy atom. The van der Waals surface area contributed by atoms with Gasteiger partial charge in [0.05, 0.1) is 25.7 Å². The number of nitrogens with one attached hydrogen (secondary N) is 1. The molecule has 0 spiro atoms. The van der Waals surface area contributed by atoms with E-state index in [0.29, 0.717) is 6.10 Å². The molecule has 0 aliphatic carbocycles. The lowest BCUT2D eigenvalue weighted by Crippen LogP contribution is -3.16. The molecule has 0 aromatic carbocycles. The maximum Gasteiger partial charge on any atom is 0.0827 e. The minimum absolute atomic E-state index is 0.639. The second-order valence-corrected chi connectivity index (χ2v) is 5.01. The zero-order valence-corrected chi connectivity index (χ0v) is 8.30. The maximum absolute atomic E-state index is 5.83. The van der Waals surface area contributed by atoms with Crippen LogP contribution in [0.2, 0.25) is 0 Å². The average Bonchev–Trinajstić information content (AvgIpc) is 2.72. The Balaban J connectivity index is 1.70. The summed E-state index contributed by atoms with van der Waals surface area (Å²) in [6, 6.07) is 0. The van der Waals surface area contributed by atoms with Crippen molar-refractivity contribution in [1.29, 1.82) is 0 Å². The van der Waals surface area contributed by atoms with Crippen molar-refractivity contribution in [2.75, 3.05) is 26.2 Å². The fourth-order valence-electron chi connectivity index (χ4n) is 3.56. The molecule has 74 valence electrons. The highest BCUT2D eigenvalue weighted by Gasteiger charge is 2.42. The Hall–Kier alpha value is -0.0800. The number of hydrogen-bond acceptors (Lipinski definition) is 1. The fourth-order valence-corrected chi connectivity index (χ4v) is 3.56. The van der Waals surface area contributed by atoms with Crippen LogP contribution in [0, 0.1) is 11.8 Å². The first-order chi connectivity index (χ1) is 6.43. The van der Waals surface area contributed by atoms with Crippen LogP contribution in [0.3, 0.4) is 0 Å². The smallest absolute Gasteiger partial charge is 0.0827 e. The Bertz CT molecular complexity index is 179. The summed E-state index contributed by atoms with van der Waals surface area (Å²) in [5.41, 5.74) is 0. The first-order valence-corrected chi connectivity index (χ1v) is 5.88. The number of fused-ring (bicyclic) bond motifs is 3. The molecule has 4 aliphatic rings. The van der Waals surface area contributed by atoms with Gasteiger partial charge in [0.2, 0.25) is 0 Å². The topological polar surface area (TPSA) is 13.7 Å². The van der Waals surface area contributed by atoms with Gasteiger partial charge in [-0.25, -0.2) is 0 Å². The van der Waals surface area contributed by atoms with Crippen LogP contribution in [-0.2, 0) is 4.74 Å². The predicted octanol–water partition coefficient (Wildman–Crippen LogP) is 0.0901. The molecule has 0 saturated carbocycles. The number of piperidine rings is 3. The van der Waals surface area contributed by atoms with E-state index < -0.39 is 0 Å². The average molecular weight is 182 g/mol. The van der Waals surface area contributed by atoms with Gasteiger partial charge in [-0.2, -0.15) is 0 Å². The molecule has 0 radical (unpaired) electrons. The van der Waals surface area contributed by atoms with E-state index >= 15 is 0 Å². The van der Waals surface area contributed by atoms with Gasteiger partial charge in [0, 0.05) is 25.4 Å². The summed E-state index contributed by atoms with van der Waals surface area (Å²) in [7, 11) is 0. The molecule has 2 unspecified atom stereocenters. The molecule has 1 N–H and O–H groups in total. The van der Waals surface area contributed by atoms with Crippen LogP contribution in [-0.4, -0.2) is 32.3 Å². The molecular formula is C11H20NO+. The van der Waals surface area contributed by atoms with Crippen LogP contribution in [0.25, 0.3) is 0 Å². The van der Waals surface area contributed by atoms with Crippen LogP contribution < -0.4 is 4.90 Å². The molecular weight excluding hydrogens is 162 g/mol. The molecule has 4 fully saturated rings. The van der Waals surface area contributed by atoms with Gasteiger partial charge in [-0.15, -0.1) is 0 Å². The van der Waals surface area contributed by atoms with Gasteiger partial charge in [-0.05, 0) is 18.8 Å². The van der Waals surface area contributed by atoms with E-state index in [0.717, 1.165) is 18.4 Å². The normalized spacial score (nSPS) is 49.8. The van der Waals surface area contributed by atoms with Gasteiger partial charge in [0.1, 0.15) is 0 Å². The molecule has 4 aliphatic heterocycles. The summed E-state index contributed by atoms with van der Waals surface area (Å²) in [6.07, 6.45) is 6.23. The number of rotatable bonds is 1. The van der Waals surface area contributed by atoms with Gasteiger partial charge in [-0.3, -0.25) is 0 Å². The highest BCUT2D eigenvalue weighted by atomic mass is 16.5. The third-order valence-electron chi connectivity index (χ3n) is 4.31. The molecule has 2 atom stereocenters. The molecule has 13 heavy (non-hydrogen) atoms. The van der Waals surface area contributed by atoms with Crippen LogP contribution >= 0.6 is 0 Å². The second-order valence-electron chi connectivity index (χ2n) is 5.01. The lowest BCUT2D eigenvalue weighted by atomic mass is 9.76. The third kappa shape index (κ3) is 1.40. The summed E-state index contributed by atoms with van der Waals surface area (Å²) in [5, 5.41) is 0. The largest absolute Gasteiger partial charge is 0.378 e. The van der Waals surface area contributed by atoms with Crippen molar-refractivity contribution in [1.82, 2.24) is 0 Å². The maximum atomic E-state index is 5.83. The molecule has 0 amide bonds. The van der Waals surface area contributed by atoms with E-state index in [1.54, 1.807) is 0 Å². The van der Waals surface area contributed by atoms with Gasteiger partial charge in [-0.1, -0.05) is 0 Å². The lowest BCUT2D eigenvalue weighted by molar-refractivity contribution is -0.921. The minimum atomic E-state index is 0.639. The van der Waals surface area contributed by atoms with Gasteiger partial charge in [0.25, 0.3) is 0 Å². The summed E-state index contributed by atoms with van der Waals surface area (Å²) < 4.78 is 5.83. The summed E-state index contributed by atoms with van der Waals surface area (Å²) in [4.78, 5) is 1.85. The first kappa shape index (κ1) is 8.25. The van der Waals surface area contributed by atoms with Crippen molar-refractivity contribution >= 4 is 0 Å². The molecule has 2 bridgehead atoms. The summed E-state index contributed by atoms with van der Waals surface area (Å²) in [6.45, 7) is 5.32. The standard InChI is InChI=1S/C11H19NO/c1-2-11(13-7-1)10-8-12-5-3-9(10)4-6-12/h9-11H,1-8H2/p+1. The van der Waals surface area contributed by atoms with Crippen molar-refractivity contribution in [2.24, 2.45) is 11.8 Å². The van der Waals surface area contributed by atoms with Gasteiger partial charge in [0.15, 0.2) is 0 Å². The van der Waals surface area contributed by atoms with E-state index in [-0.39, 0.29) is 0 Å². The van der Waals surface area contributed by atoms with Crippen LogP contribution in [0.1, 0.15) is 25.7 Å². The predicted molar refractivity (Wildman–Crippen MR) is 50.8 cm³/mol. The molecule has 4 saturated heterocycles. The Kier molecular flexibility index (Phi) is 2.06. The number of ether oxygens (including phenoxy) is 1. The third-order valence-corrected chi connectivity index (χ3v) is 4.31. The number of quaternary nitrogens is 1. The SMILES string of the molecule is C1COC(C2C[NH+]3CCC2CC3)C1. The Morgan fingerprint density at radius 1 is 1.08 bits per heavy atom. The second kappa shape index (κ2) is 3.25. The fraction of sp³-hybridized carbons (Fsp3) is 1.00. The van der Waals surface area contributed by atoms with Gasteiger partial charge < -0.3 is 9.64 Å². The highest BCUT2D eigenvalue weighted by Crippen LogP contribution is 2.32. The molecule has 4 heterocycles. The zero-order chi connectivity index (χ0) is 8.67. The van der Waals surface area contributed by atoms with Crippen molar-refractivity contribution < 1.29 is 9.64 Å². The minimum Gasteiger partial charge on any atom is -0.378 e. The van der Waals surface area contributed by atoms with E-state index in [1.165, 1.54) is 45.3 Å². The van der Waals surface area contributed by atoms with Crippen LogP contribution in [0.15, 0.2) is 0 Å². The quantitative estimate of drug-likeness (QED) is 0.607. The summed E-state index contributed by atoms with van der Waals surface area (Å²) >= 11 is 0. The first-order valence-electron chi connectivity index (χ1n) is 5.88. The van der Waals surface area contributed by atoms with E-state index in [9.17, 15) is 0 Å². The lowest BCUT2D eigenvalue weighted by Gasteiger charge is -2.43. The van der Waals surface area contributed by atoms with Crippen molar-refractivity contribution in [2.45, 2.75) is 31.8 Å². The molecule has 2 heteroatoms. The Morgan fingerprint density at radius 2 is 1.92 bits per heavy atom. The van der Waals surface area contributed by atoms with E-state index in [1.807, 2.05) is 4.90 Å². The monoisotopic (exact) mass is 182 g/mol. The van der Waals surface area contributed by atoms with Crippen molar-refractivity contribution in [3.63, 3.8) is 0 Å². The molecule has 0 aromatic rings. The van der Waals surface area contributed by atoms with Crippen molar-refractivity contribution in [3.8, 4) is 0 Å². The molecule has 2 nitrogen and oxygen atoms in total. The molecule has 4 rings (SSSR count). The van der Waals surface area contributed by atoms with Crippen LogP contribution in [0.4, 0.5) is 0 Å². The zero-order valence-electron chi connectivity index (χ0n) is 8.30. The van der Waals surface area contributed by atoms with Gasteiger partial charge >= 0.3 is 0 Å². The highest BCUT2D eigenvalue weighted by molar-refractivity contribution is 4.84. The number of hydrogen-bond donors (Lipinski definition) is 1.